The predicted octanol–water partition coefficient (Wildman–Crippen LogP) is 0.940. The molecule has 0 bridgehead atoms. The molecule has 3 aromatic rings. The van der Waals surface area contributed by atoms with Crippen LogP contribution in [0.4, 0.5) is 11.6 Å². The van der Waals surface area contributed by atoms with Crippen molar-refractivity contribution in [2.75, 3.05) is 17.7 Å². The monoisotopic (exact) mass is 341 g/mol. The smallest absolute Gasteiger partial charge is 0.247 e. The Morgan fingerprint density at radius 1 is 1.20 bits per heavy atom. The van der Waals surface area contributed by atoms with Gasteiger partial charge >= 0.3 is 0 Å². The van der Waals surface area contributed by atoms with E-state index >= 15 is 0 Å². The zero-order valence-electron chi connectivity index (χ0n) is 14.3. The summed E-state index contributed by atoms with van der Waals surface area (Å²) in [6, 6.07) is 1.85. The fourth-order valence-electron chi connectivity index (χ4n) is 2.23. The first-order chi connectivity index (χ1) is 12.1. The Balaban J connectivity index is 1.69. The first-order valence-corrected chi connectivity index (χ1v) is 7.83. The first-order valence-electron chi connectivity index (χ1n) is 7.83. The van der Waals surface area contributed by atoms with Crippen LogP contribution in [-0.2, 0) is 17.9 Å². The van der Waals surface area contributed by atoms with Crippen LogP contribution in [0.1, 0.15) is 12.6 Å². The molecular weight excluding hydrogens is 322 g/mol. The van der Waals surface area contributed by atoms with E-state index in [-0.39, 0.29) is 12.5 Å². The molecule has 10 heteroatoms. The number of anilines is 2. The van der Waals surface area contributed by atoms with Crippen LogP contribution in [0.25, 0.3) is 11.4 Å². The summed E-state index contributed by atoms with van der Waals surface area (Å²) >= 11 is 0. The number of amides is 1. The second kappa shape index (κ2) is 7.07. The number of rotatable bonds is 6. The Kier molecular flexibility index (Phi) is 4.68. The van der Waals surface area contributed by atoms with E-state index in [2.05, 4.69) is 36.0 Å². The second-order valence-electron chi connectivity index (χ2n) is 5.40. The quantitative estimate of drug-likeness (QED) is 0.685. The van der Waals surface area contributed by atoms with Crippen molar-refractivity contribution in [3.05, 3.63) is 30.4 Å². The van der Waals surface area contributed by atoms with Crippen molar-refractivity contribution in [1.29, 1.82) is 0 Å². The Morgan fingerprint density at radius 3 is 2.76 bits per heavy atom. The van der Waals surface area contributed by atoms with Gasteiger partial charge < -0.3 is 10.6 Å². The van der Waals surface area contributed by atoms with E-state index in [1.165, 1.54) is 4.68 Å². The molecule has 0 aromatic carbocycles. The van der Waals surface area contributed by atoms with Crippen molar-refractivity contribution in [2.24, 2.45) is 0 Å². The molecule has 0 spiro atoms. The number of carbonyl (C=O) groups is 1. The van der Waals surface area contributed by atoms with Gasteiger partial charge in [0.2, 0.25) is 5.91 Å². The standard InChI is InChI=1S/C15H19N9O/c1-4-23-8-13(21-22-23)19-14(25)9-24-7-11(6-17-24)15-18-10(2)5-12(16-3)20-15/h5-8H,4,9H2,1-3H3,(H,19,25)(H,16,18,20). The average Bonchev–Trinajstić information content (AvgIpc) is 3.23. The van der Waals surface area contributed by atoms with E-state index < -0.39 is 0 Å². The topological polar surface area (TPSA) is 115 Å². The highest BCUT2D eigenvalue weighted by Crippen LogP contribution is 2.17. The summed E-state index contributed by atoms with van der Waals surface area (Å²) in [5, 5.41) is 17.6. The number of nitrogens with one attached hydrogen (secondary N) is 2. The molecule has 0 saturated carbocycles. The molecule has 0 aliphatic rings. The third kappa shape index (κ3) is 3.97. The van der Waals surface area contributed by atoms with Crippen LogP contribution < -0.4 is 10.6 Å². The minimum atomic E-state index is -0.237. The van der Waals surface area contributed by atoms with E-state index in [0.717, 1.165) is 17.1 Å². The number of carbonyl (C=O) groups excluding carboxylic acids is 1. The van der Waals surface area contributed by atoms with Gasteiger partial charge in [-0.1, -0.05) is 5.21 Å². The summed E-state index contributed by atoms with van der Waals surface area (Å²) in [6.45, 7) is 4.59. The minimum Gasteiger partial charge on any atom is -0.373 e. The lowest BCUT2D eigenvalue weighted by molar-refractivity contribution is -0.116. The number of hydrogen-bond donors (Lipinski definition) is 2. The van der Waals surface area contributed by atoms with Crippen molar-refractivity contribution in [2.45, 2.75) is 26.9 Å². The molecule has 0 aliphatic heterocycles. The fourth-order valence-corrected chi connectivity index (χ4v) is 2.23. The third-order valence-corrected chi connectivity index (χ3v) is 3.44. The van der Waals surface area contributed by atoms with Crippen LogP contribution in [0, 0.1) is 6.92 Å². The Hall–Kier alpha value is -3.30. The third-order valence-electron chi connectivity index (χ3n) is 3.44. The van der Waals surface area contributed by atoms with Crippen LogP contribution in [-0.4, -0.2) is 47.7 Å². The van der Waals surface area contributed by atoms with Gasteiger partial charge in [0.05, 0.1) is 18.0 Å². The van der Waals surface area contributed by atoms with Crippen LogP contribution in [0.15, 0.2) is 24.7 Å². The lowest BCUT2D eigenvalue weighted by atomic mass is 10.3. The minimum absolute atomic E-state index is 0.0592. The molecule has 3 rings (SSSR count). The van der Waals surface area contributed by atoms with Gasteiger partial charge in [-0.2, -0.15) is 5.10 Å². The Morgan fingerprint density at radius 2 is 2.04 bits per heavy atom. The summed E-state index contributed by atoms with van der Waals surface area (Å²) in [5.74, 6) is 1.47. The van der Waals surface area contributed by atoms with Crippen molar-refractivity contribution < 1.29 is 4.79 Å². The zero-order chi connectivity index (χ0) is 17.8. The fraction of sp³-hybridized carbons (Fsp3) is 0.333. The average molecular weight is 341 g/mol. The maximum absolute atomic E-state index is 12.1. The van der Waals surface area contributed by atoms with Crippen molar-refractivity contribution >= 4 is 17.5 Å². The highest BCUT2D eigenvalue weighted by atomic mass is 16.2. The highest BCUT2D eigenvalue weighted by Gasteiger charge is 2.11. The molecule has 0 fully saturated rings. The van der Waals surface area contributed by atoms with Gasteiger partial charge in [0.25, 0.3) is 0 Å². The molecule has 3 aromatic heterocycles. The van der Waals surface area contributed by atoms with Gasteiger partial charge in [0.15, 0.2) is 11.6 Å². The van der Waals surface area contributed by atoms with Gasteiger partial charge in [0.1, 0.15) is 12.4 Å². The van der Waals surface area contributed by atoms with E-state index in [9.17, 15) is 4.79 Å². The largest absolute Gasteiger partial charge is 0.373 e. The summed E-state index contributed by atoms with van der Waals surface area (Å²) in [6.07, 6.45) is 5.04. The Labute approximate surface area is 144 Å². The lowest BCUT2D eigenvalue weighted by Gasteiger charge is -2.03. The van der Waals surface area contributed by atoms with Crippen LogP contribution in [0.2, 0.25) is 0 Å². The molecule has 0 unspecified atom stereocenters. The molecule has 0 aliphatic carbocycles. The van der Waals surface area contributed by atoms with Crippen LogP contribution >= 0.6 is 0 Å². The molecule has 10 nitrogen and oxygen atoms in total. The van der Waals surface area contributed by atoms with E-state index in [1.54, 1.807) is 30.3 Å². The van der Waals surface area contributed by atoms with Crippen molar-refractivity contribution in [3.8, 4) is 11.4 Å². The normalized spacial score (nSPS) is 10.7. The number of nitrogens with zero attached hydrogens (tertiary/aromatic N) is 7. The van der Waals surface area contributed by atoms with Gasteiger partial charge in [-0.05, 0) is 13.8 Å². The molecule has 0 saturated heterocycles. The summed E-state index contributed by atoms with van der Waals surface area (Å²) in [7, 11) is 1.80. The summed E-state index contributed by atoms with van der Waals surface area (Å²) in [4.78, 5) is 20.9. The molecule has 3 heterocycles. The number of hydrogen-bond acceptors (Lipinski definition) is 7. The molecule has 25 heavy (non-hydrogen) atoms. The number of aromatic nitrogens is 7. The summed E-state index contributed by atoms with van der Waals surface area (Å²) in [5.41, 5.74) is 1.59. The van der Waals surface area contributed by atoms with Gasteiger partial charge in [-0.3, -0.25) is 14.2 Å². The number of aryl methyl sites for hydroxylation is 2. The molecule has 2 N–H and O–H groups in total. The van der Waals surface area contributed by atoms with Crippen LogP contribution in [0.5, 0.6) is 0 Å². The van der Waals surface area contributed by atoms with Gasteiger partial charge in [0, 0.05) is 31.5 Å². The van der Waals surface area contributed by atoms with Gasteiger partial charge in [-0.15, -0.1) is 5.10 Å². The first kappa shape index (κ1) is 16.6. The molecule has 0 radical (unpaired) electrons. The van der Waals surface area contributed by atoms with Gasteiger partial charge in [-0.25, -0.2) is 9.97 Å². The second-order valence-corrected chi connectivity index (χ2v) is 5.40. The van der Waals surface area contributed by atoms with E-state index in [4.69, 9.17) is 0 Å². The lowest BCUT2D eigenvalue weighted by Crippen LogP contribution is -2.19. The van der Waals surface area contributed by atoms with Crippen LogP contribution in [0.3, 0.4) is 0 Å². The summed E-state index contributed by atoms with van der Waals surface area (Å²) < 4.78 is 3.16. The molecular formula is C15H19N9O. The van der Waals surface area contributed by atoms with E-state index in [0.29, 0.717) is 18.2 Å². The maximum Gasteiger partial charge on any atom is 0.247 e. The maximum atomic E-state index is 12.1. The molecule has 130 valence electrons. The highest BCUT2D eigenvalue weighted by molar-refractivity contribution is 5.89. The zero-order valence-corrected chi connectivity index (χ0v) is 14.3. The van der Waals surface area contributed by atoms with E-state index in [1.807, 2.05) is 19.9 Å². The molecule has 1 amide bonds. The van der Waals surface area contributed by atoms with Crippen molar-refractivity contribution in [1.82, 2.24) is 34.7 Å². The molecule has 0 atom stereocenters. The van der Waals surface area contributed by atoms with Crippen molar-refractivity contribution in [3.63, 3.8) is 0 Å². The Bertz CT molecular complexity index is 883. The predicted molar refractivity (Wildman–Crippen MR) is 91.9 cm³/mol. The SMILES string of the molecule is CCn1cc(NC(=O)Cn2cc(-c3nc(C)cc(NC)n3)cn2)nn1.